The van der Waals surface area contributed by atoms with Crippen LogP contribution in [0.1, 0.15) is 15.9 Å². The molecule has 6 heteroatoms. The van der Waals surface area contributed by atoms with E-state index < -0.39 is 0 Å². The number of rotatable bonds is 1. The van der Waals surface area contributed by atoms with E-state index in [2.05, 4.69) is 10.4 Å². The third-order valence-corrected chi connectivity index (χ3v) is 4.13. The van der Waals surface area contributed by atoms with Gasteiger partial charge in [0.1, 0.15) is 11.6 Å². The molecule has 0 aliphatic carbocycles. The summed E-state index contributed by atoms with van der Waals surface area (Å²) >= 11 is 0. The number of benzene rings is 2. The van der Waals surface area contributed by atoms with Crippen molar-refractivity contribution in [2.45, 2.75) is 6.54 Å². The number of phenols is 1. The van der Waals surface area contributed by atoms with E-state index in [4.69, 9.17) is 0 Å². The lowest BCUT2D eigenvalue weighted by atomic mass is 10.1. The Morgan fingerprint density at radius 1 is 1.21 bits per heavy atom. The molecule has 1 aliphatic rings. The first-order chi connectivity index (χ1) is 11.6. The molecule has 1 aliphatic heterocycles. The monoisotopic (exact) mass is 320 g/mol. The number of hydrogen-bond acceptors (Lipinski definition) is 4. The Morgan fingerprint density at radius 2 is 2.00 bits per heavy atom. The maximum Gasteiger partial charge on any atom is 0.258 e. The van der Waals surface area contributed by atoms with Gasteiger partial charge in [-0.25, -0.2) is 0 Å². The number of aryl methyl sites for hydroxylation is 1. The number of anilines is 3. The largest absolute Gasteiger partial charge is 0.508 e. The summed E-state index contributed by atoms with van der Waals surface area (Å²) < 4.78 is 1.74. The molecule has 24 heavy (non-hydrogen) atoms. The van der Waals surface area contributed by atoms with E-state index in [-0.39, 0.29) is 11.7 Å². The number of amides is 1. The van der Waals surface area contributed by atoms with Gasteiger partial charge >= 0.3 is 0 Å². The Balaban J connectivity index is 1.86. The highest BCUT2D eigenvalue weighted by atomic mass is 16.3. The van der Waals surface area contributed by atoms with Crippen LogP contribution in [0.15, 0.2) is 54.7 Å². The fraction of sp³-hybridized carbons (Fsp3) is 0.111. The number of carbonyl (C=O) groups is 1. The summed E-state index contributed by atoms with van der Waals surface area (Å²) in [5.41, 5.74) is 2.90. The third-order valence-electron chi connectivity index (χ3n) is 4.13. The molecule has 2 aromatic carbocycles. The zero-order valence-corrected chi connectivity index (χ0v) is 13.1. The van der Waals surface area contributed by atoms with Gasteiger partial charge in [-0.15, -0.1) is 0 Å². The summed E-state index contributed by atoms with van der Waals surface area (Å²) in [7, 11) is 1.85. The summed E-state index contributed by atoms with van der Waals surface area (Å²) in [6.45, 7) is 0.375. The Labute approximate surface area is 139 Å². The van der Waals surface area contributed by atoms with Gasteiger partial charge in [0.05, 0.1) is 24.1 Å². The van der Waals surface area contributed by atoms with Gasteiger partial charge in [0.25, 0.3) is 5.91 Å². The molecule has 3 aromatic rings. The van der Waals surface area contributed by atoms with E-state index in [1.165, 1.54) is 0 Å². The number of nitrogens with zero attached hydrogens (tertiary/aromatic N) is 3. The highest BCUT2D eigenvalue weighted by Gasteiger charge is 2.27. The smallest absolute Gasteiger partial charge is 0.258 e. The van der Waals surface area contributed by atoms with Crippen molar-refractivity contribution >= 4 is 23.1 Å². The molecular formula is C18H16N4O2. The number of nitrogens with one attached hydrogen (secondary N) is 1. The normalized spacial score (nSPS) is 12.8. The summed E-state index contributed by atoms with van der Waals surface area (Å²) in [5, 5.41) is 17.5. The van der Waals surface area contributed by atoms with Crippen LogP contribution < -0.4 is 10.2 Å². The zero-order valence-electron chi connectivity index (χ0n) is 13.1. The first-order valence-electron chi connectivity index (χ1n) is 7.61. The number of hydrogen-bond donors (Lipinski definition) is 2. The van der Waals surface area contributed by atoms with E-state index in [0.717, 1.165) is 17.1 Å². The van der Waals surface area contributed by atoms with Gasteiger partial charge in [0.15, 0.2) is 0 Å². The average molecular weight is 320 g/mol. The quantitative estimate of drug-likeness (QED) is 0.676. The molecule has 0 saturated carbocycles. The Morgan fingerprint density at radius 3 is 2.79 bits per heavy atom. The number of aromatic nitrogens is 2. The standard InChI is InChI=1S/C18H16N4O2/c1-21-17-13(10-19-21)11-22(18(24)12-5-3-2-4-6-12)16-9-14(23)7-8-15(16)20-17/h2-10,20,23H,11H2,1H3. The lowest BCUT2D eigenvalue weighted by molar-refractivity contribution is 0.0985. The molecule has 0 saturated heterocycles. The van der Waals surface area contributed by atoms with Gasteiger partial charge < -0.3 is 15.3 Å². The Bertz CT molecular complexity index is 918. The van der Waals surface area contributed by atoms with Crippen LogP contribution in [0.3, 0.4) is 0 Å². The van der Waals surface area contributed by atoms with Crippen molar-refractivity contribution in [2.75, 3.05) is 10.2 Å². The van der Waals surface area contributed by atoms with Gasteiger partial charge in [-0.1, -0.05) is 18.2 Å². The minimum Gasteiger partial charge on any atom is -0.508 e. The minimum atomic E-state index is -0.124. The van der Waals surface area contributed by atoms with E-state index in [9.17, 15) is 9.90 Å². The van der Waals surface area contributed by atoms with E-state index in [0.29, 0.717) is 17.8 Å². The third kappa shape index (κ3) is 2.28. The second-order valence-corrected chi connectivity index (χ2v) is 5.73. The van der Waals surface area contributed by atoms with Crippen molar-refractivity contribution in [1.29, 1.82) is 0 Å². The summed E-state index contributed by atoms with van der Waals surface area (Å²) in [6.07, 6.45) is 1.75. The van der Waals surface area contributed by atoms with Crippen molar-refractivity contribution in [1.82, 2.24) is 9.78 Å². The fourth-order valence-corrected chi connectivity index (χ4v) is 2.91. The molecule has 4 rings (SSSR count). The van der Waals surface area contributed by atoms with Gasteiger partial charge in [-0.05, 0) is 24.3 Å². The van der Waals surface area contributed by atoms with Crippen molar-refractivity contribution < 1.29 is 9.90 Å². The molecule has 0 spiro atoms. The molecule has 2 N–H and O–H groups in total. The van der Waals surface area contributed by atoms with Crippen LogP contribution >= 0.6 is 0 Å². The number of carbonyl (C=O) groups excluding carboxylic acids is 1. The summed E-state index contributed by atoms with van der Waals surface area (Å²) in [4.78, 5) is 14.7. The van der Waals surface area contributed by atoms with Crippen molar-refractivity contribution in [3.63, 3.8) is 0 Å². The van der Waals surface area contributed by atoms with Crippen LogP contribution in [0, 0.1) is 0 Å². The summed E-state index contributed by atoms with van der Waals surface area (Å²) in [5.74, 6) is 0.830. The highest BCUT2D eigenvalue weighted by Crippen LogP contribution is 2.38. The highest BCUT2D eigenvalue weighted by molar-refractivity contribution is 6.08. The minimum absolute atomic E-state index is 0.116. The van der Waals surface area contributed by atoms with Crippen LogP contribution in [0.5, 0.6) is 5.75 Å². The van der Waals surface area contributed by atoms with Crippen LogP contribution in [0.2, 0.25) is 0 Å². The molecular weight excluding hydrogens is 304 g/mol. The van der Waals surface area contributed by atoms with Crippen molar-refractivity contribution in [3.8, 4) is 5.75 Å². The molecule has 120 valence electrons. The van der Waals surface area contributed by atoms with Crippen LogP contribution in [0.4, 0.5) is 17.2 Å². The van der Waals surface area contributed by atoms with Gasteiger partial charge in [-0.2, -0.15) is 5.10 Å². The van der Waals surface area contributed by atoms with E-state index in [1.54, 1.807) is 46.1 Å². The number of fused-ring (bicyclic) bond motifs is 2. The average Bonchev–Trinajstić information content (AvgIpc) is 2.85. The van der Waals surface area contributed by atoms with Crippen molar-refractivity contribution in [2.24, 2.45) is 7.05 Å². The van der Waals surface area contributed by atoms with Crippen molar-refractivity contribution in [3.05, 3.63) is 65.9 Å². The van der Waals surface area contributed by atoms with E-state index >= 15 is 0 Å². The second-order valence-electron chi connectivity index (χ2n) is 5.73. The van der Waals surface area contributed by atoms with Crippen LogP contribution in [-0.2, 0) is 13.6 Å². The molecule has 0 radical (unpaired) electrons. The van der Waals surface area contributed by atoms with Gasteiger partial charge in [0.2, 0.25) is 0 Å². The molecule has 0 atom stereocenters. The maximum absolute atomic E-state index is 13.0. The first-order valence-corrected chi connectivity index (χ1v) is 7.61. The molecule has 0 fully saturated rings. The SMILES string of the molecule is Cn1ncc2c1Nc1ccc(O)cc1N(C(=O)c1ccccc1)C2. The maximum atomic E-state index is 13.0. The summed E-state index contributed by atoms with van der Waals surface area (Å²) in [6, 6.07) is 14.1. The molecule has 0 unspecified atom stereocenters. The number of phenolic OH excluding ortho intramolecular Hbond substituents is 1. The topological polar surface area (TPSA) is 70.4 Å². The zero-order chi connectivity index (χ0) is 16.7. The molecule has 6 nitrogen and oxygen atoms in total. The fourth-order valence-electron chi connectivity index (χ4n) is 2.91. The Hall–Kier alpha value is -3.28. The van der Waals surface area contributed by atoms with Gasteiger partial charge in [-0.3, -0.25) is 9.48 Å². The second kappa shape index (κ2) is 5.42. The molecule has 0 bridgehead atoms. The Kier molecular flexibility index (Phi) is 3.23. The van der Waals surface area contributed by atoms with Gasteiger partial charge in [0, 0.05) is 24.2 Å². The van der Waals surface area contributed by atoms with E-state index in [1.807, 2.05) is 25.2 Å². The molecule has 2 heterocycles. The first kappa shape index (κ1) is 14.3. The van der Waals surface area contributed by atoms with Crippen LogP contribution in [0.25, 0.3) is 0 Å². The molecule has 1 amide bonds. The number of aromatic hydroxyl groups is 1. The predicted octanol–water partition coefficient (Wildman–Crippen LogP) is 3.03. The molecule has 1 aromatic heterocycles. The lowest BCUT2D eigenvalue weighted by Crippen LogP contribution is -2.29. The predicted molar refractivity (Wildman–Crippen MR) is 91.6 cm³/mol. The van der Waals surface area contributed by atoms with Crippen LogP contribution in [-0.4, -0.2) is 20.8 Å². The lowest BCUT2D eigenvalue weighted by Gasteiger charge is -2.22.